The van der Waals surface area contributed by atoms with Crippen LogP contribution in [0.2, 0.25) is 0 Å². The maximum atomic E-state index is 6.45. The molecule has 50 heavy (non-hydrogen) atoms. The van der Waals surface area contributed by atoms with Crippen molar-refractivity contribution in [2.45, 2.75) is 13.3 Å². The summed E-state index contributed by atoms with van der Waals surface area (Å²) in [5, 5.41) is 4.95. The Kier molecular flexibility index (Phi) is 6.47. The van der Waals surface area contributed by atoms with E-state index < -0.39 is 0 Å². The summed E-state index contributed by atoms with van der Waals surface area (Å²) in [5.41, 5.74) is 12.7. The van der Waals surface area contributed by atoms with Crippen LogP contribution >= 0.6 is 0 Å². The molecule has 0 bridgehead atoms. The summed E-state index contributed by atoms with van der Waals surface area (Å²) in [7, 11) is 0. The van der Waals surface area contributed by atoms with Gasteiger partial charge in [0.2, 0.25) is 0 Å². The van der Waals surface area contributed by atoms with Crippen LogP contribution < -0.4 is 4.74 Å². The zero-order valence-electron chi connectivity index (χ0n) is 27.6. The zero-order valence-corrected chi connectivity index (χ0v) is 27.6. The van der Waals surface area contributed by atoms with E-state index in [9.17, 15) is 0 Å². The number of hydrogen-bond donors (Lipinski definition) is 0. The third-order valence-electron chi connectivity index (χ3n) is 10.1. The average Bonchev–Trinajstić information content (AvgIpc) is 3.57. The molecular weight excluding hydrogens is 609 g/mol. The van der Waals surface area contributed by atoms with Gasteiger partial charge >= 0.3 is 0 Å². The summed E-state index contributed by atoms with van der Waals surface area (Å²) < 4.78 is 8.73. The molecule has 0 radical (unpaired) electrons. The highest BCUT2D eigenvalue weighted by atomic mass is 16.5. The number of fused-ring (bicyclic) bond motifs is 4. The minimum atomic E-state index is 0.828. The van der Waals surface area contributed by atoms with E-state index in [4.69, 9.17) is 9.72 Å². The third-order valence-corrected chi connectivity index (χ3v) is 10.1. The number of hydrogen-bond acceptors (Lipinski definition) is 2. The van der Waals surface area contributed by atoms with Crippen molar-refractivity contribution in [1.82, 2.24) is 9.55 Å². The monoisotopic (exact) mass is 640 g/mol. The number of rotatable bonds is 5. The fraction of sp³-hybridized carbons (Fsp3) is 0.0426. The highest BCUT2D eigenvalue weighted by Gasteiger charge is 2.24. The largest absolute Gasteiger partial charge is 0.453 e. The molecule has 0 amide bonds. The van der Waals surface area contributed by atoms with E-state index in [1.165, 1.54) is 54.9 Å². The van der Waals surface area contributed by atoms with E-state index in [1.54, 1.807) is 0 Å². The molecule has 1 aromatic heterocycles. The van der Waals surface area contributed by atoms with E-state index in [-0.39, 0.29) is 0 Å². The van der Waals surface area contributed by atoms with Gasteiger partial charge in [0.15, 0.2) is 11.5 Å². The maximum Gasteiger partial charge on any atom is 0.153 e. The van der Waals surface area contributed by atoms with Gasteiger partial charge in [-0.15, -0.1) is 0 Å². The smallest absolute Gasteiger partial charge is 0.153 e. The average molecular weight is 641 g/mol. The molecule has 0 spiro atoms. The first-order chi connectivity index (χ1) is 24.7. The molecule has 0 N–H and O–H groups in total. The van der Waals surface area contributed by atoms with Crippen LogP contribution in [0.1, 0.15) is 12.7 Å². The predicted octanol–water partition coefficient (Wildman–Crippen LogP) is 12.7. The van der Waals surface area contributed by atoms with Crippen LogP contribution in [0.15, 0.2) is 164 Å². The Morgan fingerprint density at radius 2 is 1.06 bits per heavy atom. The Morgan fingerprint density at radius 3 is 1.84 bits per heavy atom. The van der Waals surface area contributed by atoms with Crippen LogP contribution in [0.25, 0.3) is 82.8 Å². The van der Waals surface area contributed by atoms with Crippen molar-refractivity contribution in [1.29, 1.82) is 0 Å². The Labute approximate surface area is 290 Å². The molecule has 0 unspecified atom stereocenters. The fourth-order valence-electron chi connectivity index (χ4n) is 7.87. The van der Waals surface area contributed by atoms with Crippen molar-refractivity contribution >= 4 is 32.6 Å². The number of aromatic nitrogens is 2. The Hall–Kier alpha value is -6.45. The topological polar surface area (TPSA) is 27.1 Å². The van der Waals surface area contributed by atoms with Gasteiger partial charge in [-0.1, -0.05) is 134 Å². The molecule has 0 saturated carbocycles. The minimum Gasteiger partial charge on any atom is -0.453 e. The van der Waals surface area contributed by atoms with Gasteiger partial charge in [-0.25, -0.2) is 4.98 Å². The molecule has 2 heterocycles. The lowest BCUT2D eigenvalue weighted by molar-refractivity contribution is 0.474. The molecule has 0 saturated heterocycles. The first-order valence-corrected chi connectivity index (χ1v) is 17.3. The number of benzene rings is 8. The molecule has 0 fully saturated rings. The van der Waals surface area contributed by atoms with E-state index in [1.807, 2.05) is 12.1 Å². The summed E-state index contributed by atoms with van der Waals surface area (Å²) in [6.45, 7) is 2.16. The minimum absolute atomic E-state index is 0.828. The van der Waals surface area contributed by atoms with Crippen molar-refractivity contribution in [2.24, 2.45) is 0 Å². The number of nitrogens with zero attached hydrogens (tertiary/aromatic N) is 2. The van der Waals surface area contributed by atoms with Crippen LogP contribution in [-0.4, -0.2) is 9.55 Å². The standard InChI is InChI=1S/C47H32N2O/c1-2-44-48-40-21-12-22-43-47(40)49(44)41-29-34(24-26-42(41)50-43)33-23-25-38-39(28-33)46(35-18-11-17-32(27-35)30-13-5-3-6-14-30)37-20-10-9-19-36(37)45(38)31-15-7-4-8-16-31/h3-29H,2H2,1H3. The van der Waals surface area contributed by atoms with Gasteiger partial charge in [-0.3, -0.25) is 4.57 Å². The summed E-state index contributed by atoms with van der Waals surface area (Å²) in [4.78, 5) is 4.97. The second kappa shape index (κ2) is 11.3. The van der Waals surface area contributed by atoms with Gasteiger partial charge in [0.05, 0.1) is 11.2 Å². The van der Waals surface area contributed by atoms with Gasteiger partial charge < -0.3 is 4.74 Å². The molecule has 8 aromatic carbocycles. The Balaban J connectivity index is 1.24. The van der Waals surface area contributed by atoms with Crippen molar-refractivity contribution in [2.75, 3.05) is 0 Å². The SMILES string of the molecule is CCc1nc2cccc3c2n1-c1cc(-c2ccc4c(-c5ccccc5)c5ccccc5c(-c5cccc(-c6ccccc6)c5)c4c2)ccc1O3. The molecule has 3 heteroatoms. The molecule has 1 aliphatic heterocycles. The van der Waals surface area contributed by atoms with Gasteiger partial charge in [0, 0.05) is 6.42 Å². The first kappa shape index (κ1) is 28.6. The number of aryl methyl sites for hydroxylation is 1. The lowest BCUT2D eigenvalue weighted by Crippen LogP contribution is -2.07. The summed E-state index contributed by atoms with van der Waals surface area (Å²) in [6, 6.07) is 59.0. The molecule has 0 atom stereocenters. The Bertz CT molecular complexity index is 2760. The second-order valence-electron chi connectivity index (χ2n) is 13.0. The normalized spacial score (nSPS) is 11.9. The van der Waals surface area contributed by atoms with Crippen LogP contribution in [0.5, 0.6) is 11.5 Å². The second-order valence-corrected chi connectivity index (χ2v) is 13.0. The highest BCUT2D eigenvalue weighted by molar-refractivity contribution is 6.22. The molecule has 9 aromatic rings. The number of imidazole rings is 1. The van der Waals surface area contributed by atoms with Crippen molar-refractivity contribution in [3.63, 3.8) is 0 Å². The quantitative estimate of drug-likeness (QED) is 0.175. The van der Waals surface area contributed by atoms with Gasteiger partial charge in [0.25, 0.3) is 0 Å². The van der Waals surface area contributed by atoms with Crippen molar-refractivity contribution in [3.8, 4) is 61.7 Å². The lowest BCUT2D eigenvalue weighted by Gasteiger charge is -2.22. The third kappa shape index (κ3) is 4.40. The predicted molar refractivity (Wildman–Crippen MR) is 207 cm³/mol. The summed E-state index contributed by atoms with van der Waals surface area (Å²) in [6.07, 6.45) is 0.828. The summed E-state index contributed by atoms with van der Waals surface area (Å²) >= 11 is 0. The van der Waals surface area contributed by atoms with Crippen molar-refractivity contribution < 1.29 is 4.74 Å². The van der Waals surface area contributed by atoms with E-state index in [2.05, 4.69) is 163 Å². The summed E-state index contributed by atoms with van der Waals surface area (Å²) in [5.74, 6) is 2.73. The van der Waals surface area contributed by atoms with Gasteiger partial charge in [-0.05, 0) is 102 Å². The van der Waals surface area contributed by atoms with E-state index >= 15 is 0 Å². The van der Waals surface area contributed by atoms with Crippen LogP contribution in [0.3, 0.4) is 0 Å². The lowest BCUT2D eigenvalue weighted by atomic mass is 9.84. The van der Waals surface area contributed by atoms with Crippen LogP contribution in [0.4, 0.5) is 0 Å². The van der Waals surface area contributed by atoms with Crippen LogP contribution in [-0.2, 0) is 6.42 Å². The van der Waals surface area contributed by atoms with E-state index in [0.29, 0.717) is 0 Å². The van der Waals surface area contributed by atoms with Gasteiger partial charge in [-0.2, -0.15) is 0 Å². The van der Waals surface area contributed by atoms with Crippen LogP contribution in [0, 0.1) is 0 Å². The molecule has 10 rings (SSSR count). The number of ether oxygens (including phenoxy) is 1. The van der Waals surface area contributed by atoms with E-state index in [0.717, 1.165) is 51.6 Å². The maximum absolute atomic E-state index is 6.45. The highest BCUT2D eigenvalue weighted by Crippen LogP contribution is 2.47. The van der Waals surface area contributed by atoms with Gasteiger partial charge in [0.1, 0.15) is 11.3 Å². The van der Waals surface area contributed by atoms with Crippen molar-refractivity contribution in [3.05, 3.63) is 170 Å². The zero-order chi connectivity index (χ0) is 33.2. The molecular formula is C47H32N2O. The molecule has 236 valence electrons. The first-order valence-electron chi connectivity index (χ1n) is 17.3. The molecule has 1 aliphatic rings. The molecule has 0 aliphatic carbocycles. The Morgan fingerprint density at radius 1 is 0.460 bits per heavy atom. The molecule has 3 nitrogen and oxygen atoms in total. The number of para-hydroxylation sites is 1. The fourth-order valence-corrected chi connectivity index (χ4v) is 7.87.